The summed E-state index contributed by atoms with van der Waals surface area (Å²) in [5.41, 5.74) is 2.46. The van der Waals surface area contributed by atoms with Crippen molar-refractivity contribution in [3.63, 3.8) is 0 Å². The van der Waals surface area contributed by atoms with Gasteiger partial charge in [-0.25, -0.2) is 0 Å². The highest BCUT2D eigenvalue weighted by Crippen LogP contribution is 2.64. The number of nitrogens with one attached hydrogen (secondary N) is 1. The molecule has 0 aliphatic heterocycles. The maximum absolute atomic E-state index is 13.1. The van der Waals surface area contributed by atoms with E-state index in [9.17, 15) is 4.79 Å². The summed E-state index contributed by atoms with van der Waals surface area (Å²) in [6.45, 7) is 9.04. The van der Waals surface area contributed by atoms with Gasteiger partial charge in [-0.05, 0) is 83.1 Å². The normalized spacial score (nSPS) is 25.3. The Morgan fingerprint density at radius 1 is 1.24 bits per heavy atom. The van der Waals surface area contributed by atoms with Crippen LogP contribution in [-0.2, 0) is 16.6 Å². The standard InChI is InChI=1S/C24H33N3O2/c1-16(2)27-21(11-14-26-27)24-12-9-19(15-24)22(24)23(28)25-13-10-18-5-7-20(8-6-18)29-17(3)4/h5-8,11,14,16-17,19,22H,9-10,12-13,15H2,1-4H3,(H,25,28). The van der Waals surface area contributed by atoms with Crippen molar-refractivity contribution < 1.29 is 9.53 Å². The van der Waals surface area contributed by atoms with Crippen LogP contribution in [0.15, 0.2) is 36.5 Å². The van der Waals surface area contributed by atoms with E-state index < -0.39 is 0 Å². The van der Waals surface area contributed by atoms with Gasteiger partial charge < -0.3 is 10.1 Å². The van der Waals surface area contributed by atoms with E-state index in [0.717, 1.165) is 31.4 Å². The van der Waals surface area contributed by atoms with Gasteiger partial charge in [0, 0.05) is 29.9 Å². The molecule has 3 saturated carbocycles. The van der Waals surface area contributed by atoms with E-state index in [1.165, 1.54) is 11.3 Å². The van der Waals surface area contributed by atoms with E-state index in [1.54, 1.807) is 0 Å². The van der Waals surface area contributed by atoms with E-state index >= 15 is 0 Å². The van der Waals surface area contributed by atoms with Crippen LogP contribution < -0.4 is 10.1 Å². The number of carbonyl (C=O) groups excluding carboxylic acids is 1. The van der Waals surface area contributed by atoms with Gasteiger partial charge in [-0.2, -0.15) is 5.10 Å². The zero-order valence-corrected chi connectivity index (χ0v) is 18.0. The molecule has 1 aromatic heterocycles. The molecule has 1 N–H and O–H groups in total. The van der Waals surface area contributed by atoms with E-state index in [2.05, 4.69) is 47.1 Å². The minimum Gasteiger partial charge on any atom is -0.491 e. The van der Waals surface area contributed by atoms with Gasteiger partial charge in [0.25, 0.3) is 0 Å². The molecule has 5 heteroatoms. The summed E-state index contributed by atoms with van der Waals surface area (Å²) in [5.74, 6) is 1.73. The van der Waals surface area contributed by atoms with Gasteiger partial charge in [0.1, 0.15) is 5.75 Å². The summed E-state index contributed by atoms with van der Waals surface area (Å²) >= 11 is 0. The lowest BCUT2D eigenvalue weighted by atomic mass is 9.58. The van der Waals surface area contributed by atoms with E-state index in [0.29, 0.717) is 18.5 Å². The summed E-state index contributed by atoms with van der Waals surface area (Å²) in [5, 5.41) is 7.74. The molecule has 5 nitrogen and oxygen atoms in total. The van der Waals surface area contributed by atoms with Crippen molar-refractivity contribution in [2.24, 2.45) is 11.8 Å². The van der Waals surface area contributed by atoms with E-state index in [-0.39, 0.29) is 23.3 Å². The van der Waals surface area contributed by atoms with Crippen molar-refractivity contribution in [3.05, 3.63) is 47.8 Å². The third kappa shape index (κ3) is 3.67. The molecule has 2 aromatic rings. The Bertz CT molecular complexity index is 851. The summed E-state index contributed by atoms with van der Waals surface area (Å²) in [6.07, 6.45) is 6.28. The second kappa shape index (κ2) is 7.85. The Labute approximate surface area is 173 Å². The molecule has 1 amide bonds. The van der Waals surface area contributed by atoms with E-state index in [4.69, 9.17) is 4.74 Å². The van der Waals surface area contributed by atoms with Crippen LogP contribution in [0.3, 0.4) is 0 Å². The Balaban J connectivity index is 1.36. The lowest BCUT2D eigenvalue weighted by Crippen LogP contribution is -2.53. The molecule has 3 unspecified atom stereocenters. The van der Waals surface area contributed by atoms with Crippen LogP contribution in [0.2, 0.25) is 0 Å². The molecule has 0 spiro atoms. The van der Waals surface area contributed by atoms with Crippen molar-refractivity contribution in [1.29, 1.82) is 0 Å². The molecule has 3 fully saturated rings. The fraction of sp³-hybridized carbons (Fsp3) is 0.583. The molecule has 1 aromatic carbocycles. The number of aromatic nitrogens is 2. The molecule has 0 radical (unpaired) electrons. The summed E-state index contributed by atoms with van der Waals surface area (Å²) in [7, 11) is 0. The van der Waals surface area contributed by atoms with Gasteiger partial charge in [0.05, 0.1) is 12.0 Å². The number of carbonyl (C=O) groups is 1. The maximum Gasteiger partial charge on any atom is 0.224 e. The van der Waals surface area contributed by atoms with Crippen molar-refractivity contribution >= 4 is 5.91 Å². The van der Waals surface area contributed by atoms with Gasteiger partial charge in [-0.1, -0.05) is 12.1 Å². The molecule has 3 atom stereocenters. The minimum atomic E-state index is -0.00858. The highest BCUT2D eigenvalue weighted by Gasteiger charge is 2.63. The quantitative estimate of drug-likeness (QED) is 0.726. The number of ether oxygens (including phenoxy) is 1. The van der Waals surface area contributed by atoms with Gasteiger partial charge in [-0.3, -0.25) is 9.48 Å². The Hall–Kier alpha value is -2.30. The SMILES string of the molecule is CC(C)Oc1ccc(CCNC(=O)C2C3CCC2(c2ccnn2C(C)C)C3)cc1. The van der Waals surface area contributed by atoms with Gasteiger partial charge in [0.2, 0.25) is 5.91 Å². The maximum atomic E-state index is 13.1. The summed E-state index contributed by atoms with van der Waals surface area (Å²) < 4.78 is 7.81. The monoisotopic (exact) mass is 395 g/mol. The fourth-order valence-corrected chi connectivity index (χ4v) is 5.40. The number of fused-ring (bicyclic) bond motifs is 1. The largest absolute Gasteiger partial charge is 0.491 e. The summed E-state index contributed by atoms with van der Waals surface area (Å²) in [4.78, 5) is 13.1. The predicted octanol–water partition coefficient (Wildman–Crippen LogP) is 4.28. The first-order valence-corrected chi connectivity index (χ1v) is 11.0. The number of nitrogens with zero attached hydrogens (tertiary/aromatic N) is 2. The smallest absolute Gasteiger partial charge is 0.224 e. The molecule has 2 bridgehead atoms. The van der Waals surface area contributed by atoms with Crippen LogP contribution in [0.4, 0.5) is 0 Å². The minimum absolute atomic E-state index is 0.00858. The van der Waals surface area contributed by atoms with Crippen molar-refractivity contribution in [2.45, 2.75) is 70.9 Å². The molecule has 29 heavy (non-hydrogen) atoms. The topological polar surface area (TPSA) is 56.1 Å². The lowest BCUT2D eigenvalue weighted by Gasteiger charge is -2.46. The molecule has 3 aliphatic rings. The highest BCUT2D eigenvalue weighted by atomic mass is 16.5. The summed E-state index contributed by atoms with van der Waals surface area (Å²) in [6, 6.07) is 10.6. The molecule has 5 rings (SSSR count). The lowest BCUT2D eigenvalue weighted by molar-refractivity contribution is -0.133. The average Bonchev–Trinajstić information content (AvgIpc) is 3.37. The first-order chi connectivity index (χ1) is 13.9. The number of benzene rings is 1. The Morgan fingerprint density at radius 2 is 2.00 bits per heavy atom. The number of hydrogen-bond acceptors (Lipinski definition) is 3. The third-order valence-corrected chi connectivity index (χ3v) is 6.61. The molecular formula is C24H33N3O2. The molecule has 0 saturated heterocycles. The predicted molar refractivity (Wildman–Crippen MR) is 114 cm³/mol. The van der Waals surface area contributed by atoms with Crippen LogP contribution in [0.1, 0.15) is 64.3 Å². The fourth-order valence-electron chi connectivity index (χ4n) is 5.40. The van der Waals surface area contributed by atoms with Gasteiger partial charge >= 0.3 is 0 Å². The van der Waals surface area contributed by atoms with Crippen molar-refractivity contribution in [2.75, 3.05) is 6.54 Å². The second-order valence-electron chi connectivity index (χ2n) is 9.24. The van der Waals surface area contributed by atoms with Gasteiger partial charge in [0.15, 0.2) is 0 Å². The second-order valence-corrected chi connectivity index (χ2v) is 9.24. The van der Waals surface area contributed by atoms with Crippen LogP contribution in [0.25, 0.3) is 0 Å². The average molecular weight is 396 g/mol. The van der Waals surface area contributed by atoms with Crippen LogP contribution in [0.5, 0.6) is 5.75 Å². The zero-order chi connectivity index (χ0) is 20.6. The molecular weight excluding hydrogens is 362 g/mol. The highest BCUT2D eigenvalue weighted by molar-refractivity contribution is 5.82. The van der Waals surface area contributed by atoms with Crippen molar-refractivity contribution in [3.8, 4) is 5.75 Å². The molecule has 3 aliphatic carbocycles. The van der Waals surface area contributed by atoms with Crippen LogP contribution in [0, 0.1) is 11.8 Å². The first-order valence-electron chi connectivity index (χ1n) is 11.0. The van der Waals surface area contributed by atoms with Gasteiger partial charge in [-0.15, -0.1) is 0 Å². The molecule has 156 valence electrons. The number of amides is 1. The van der Waals surface area contributed by atoms with E-state index in [1.807, 2.05) is 32.2 Å². The Morgan fingerprint density at radius 3 is 2.66 bits per heavy atom. The molecule has 1 heterocycles. The van der Waals surface area contributed by atoms with Crippen LogP contribution in [-0.4, -0.2) is 28.3 Å². The van der Waals surface area contributed by atoms with Crippen LogP contribution >= 0.6 is 0 Å². The third-order valence-electron chi connectivity index (χ3n) is 6.61. The zero-order valence-electron chi connectivity index (χ0n) is 18.0. The number of rotatable bonds is 8. The number of hydrogen-bond donors (Lipinski definition) is 1. The van der Waals surface area contributed by atoms with Crippen molar-refractivity contribution in [1.82, 2.24) is 15.1 Å². The Kier molecular flexibility index (Phi) is 5.41. The first kappa shape index (κ1) is 20.0.